The molecular formula is C53H40N10. The number of nitrogens with two attached hydrogens (primary N) is 1. The normalized spacial score (nSPS) is 17.1. The van der Waals surface area contributed by atoms with Gasteiger partial charge in [-0.2, -0.15) is 0 Å². The van der Waals surface area contributed by atoms with Crippen LogP contribution in [0.5, 0.6) is 0 Å². The van der Waals surface area contributed by atoms with Crippen LogP contribution in [-0.4, -0.2) is 41.6 Å². The van der Waals surface area contributed by atoms with E-state index in [0.717, 1.165) is 33.4 Å². The van der Waals surface area contributed by atoms with E-state index in [1.165, 1.54) is 33.4 Å². The molecule has 3 N–H and O–H groups in total. The van der Waals surface area contributed by atoms with Crippen molar-refractivity contribution in [3.8, 4) is 56.7 Å². The molecule has 2 unspecified atom stereocenters. The van der Waals surface area contributed by atoms with Gasteiger partial charge in [-0.3, -0.25) is 15.0 Å². The number of allylic oxidation sites excluding steroid dienone is 3. The van der Waals surface area contributed by atoms with Crippen LogP contribution in [0.15, 0.2) is 180 Å². The van der Waals surface area contributed by atoms with Gasteiger partial charge in [0.2, 0.25) is 0 Å². The monoisotopic (exact) mass is 816 g/mol. The number of nitrogens with zero attached hydrogens (tertiary/aromatic N) is 8. The number of hydrogen-bond donors (Lipinski definition) is 2. The highest BCUT2D eigenvalue weighted by atomic mass is 15.2. The number of aromatic nitrogens is 6. The summed E-state index contributed by atoms with van der Waals surface area (Å²) in [5, 5.41) is 3.37. The van der Waals surface area contributed by atoms with Gasteiger partial charge in [-0.25, -0.2) is 24.9 Å². The summed E-state index contributed by atoms with van der Waals surface area (Å²) >= 11 is 0. The highest BCUT2D eigenvalue weighted by Crippen LogP contribution is 2.63. The third-order valence-corrected chi connectivity index (χ3v) is 12.0. The Bertz CT molecular complexity index is 3170. The van der Waals surface area contributed by atoms with Crippen LogP contribution in [0.25, 0.3) is 56.7 Å². The fraction of sp³-hybridized carbons (Fsp3) is 0.0943. The predicted molar refractivity (Wildman–Crippen MR) is 249 cm³/mol. The van der Waals surface area contributed by atoms with E-state index in [-0.39, 0.29) is 0 Å². The first-order chi connectivity index (χ1) is 30.9. The molecule has 4 aromatic heterocycles. The van der Waals surface area contributed by atoms with Crippen molar-refractivity contribution in [1.82, 2.24) is 35.2 Å². The molecule has 63 heavy (non-hydrogen) atoms. The van der Waals surface area contributed by atoms with Gasteiger partial charge < -0.3 is 11.1 Å². The maximum atomic E-state index is 6.66. The first-order valence-corrected chi connectivity index (χ1v) is 20.9. The Labute approximate surface area is 364 Å². The lowest BCUT2D eigenvalue weighted by Crippen LogP contribution is -2.38. The van der Waals surface area contributed by atoms with Crippen LogP contribution < -0.4 is 11.1 Å². The zero-order valence-corrected chi connectivity index (χ0v) is 34.8. The summed E-state index contributed by atoms with van der Waals surface area (Å²) in [4.78, 5) is 39.2. The minimum Gasteiger partial charge on any atom is -0.396 e. The van der Waals surface area contributed by atoms with Gasteiger partial charge in [0.25, 0.3) is 0 Å². The van der Waals surface area contributed by atoms with Gasteiger partial charge in [0, 0.05) is 24.2 Å². The lowest BCUT2D eigenvalue weighted by Gasteiger charge is -2.32. The third kappa shape index (κ3) is 6.25. The molecule has 11 rings (SSSR count). The number of nitrogens with one attached hydrogen (secondary N) is 1. The van der Waals surface area contributed by atoms with Gasteiger partial charge in [-0.05, 0) is 125 Å². The molecule has 10 nitrogen and oxygen atoms in total. The quantitative estimate of drug-likeness (QED) is 0.152. The van der Waals surface area contributed by atoms with Crippen molar-refractivity contribution in [3.05, 3.63) is 215 Å². The van der Waals surface area contributed by atoms with Crippen molar-refractivity contribution in [1.29, 1.82) is 0 Å². The van der Waals surface area contributed by atoms with Gasteiger partial charge in [0.15, 0.2) is 35.3 Å². The molecule has 0 saturated heterocycles. The predicted octanol–water partition coefficient (Wildman–Crippen LogP) is 9.88. The van der Waals surface area contributed by atoms with Crippen LogP contribution >= 0.6 is 0 Å². The Balaban J connectivity index is 1.15. The van der Waals surface area contributed by atoms with Gasteiger partial charge in [0.1, 0.15) is 17.1 Å². The topological polar surface area (TPSA) is 140 Å². The van der Waals surface area contributed by atoms with Crippen LogP contribution in [0.3, 0.4) is 0 Å². The highest BCUT2D eigenvalue weighted by molar-refractivity contribution is 6.14. The van der Waals surface area contributed by atoms with Crippen molar-refractivity contribution < 1.29 is 0 Å². The smallest absolute Gasteiger partial charge is 0.182 e. The molecule has 5 heterocycles. The molecule has 8 aromatic rings. The summed E-state index contributed by atoms with van der Waals surface area (Å²) in [6.45, 7) is 6.29. The summed E-state index contributed by atoms with van der Waals surface area (Å²) in [6, 6.07) is 44.2. The molecule has 0 fully saturated rings. The highest BCUT2D eigenvalue weighted by Gasteiger charge is 2.52. The molecule has 0 bridgehead atoms. The number of amidine groups is 2. The molecule has 1 aliphatic heterocycles. The van der Waals surface area contributed by atoms with Gasteiger partial charge in [0.05, 0.1) is 11.1 Å². The number of hydrogen-bond acceptors (Lipinski definition) is 10. The van der Waals surface area contributed by atoms with E-state index in [2.05, 4.69) is 107 Å². The molecule has 302 valence electrons. The molecule has 0 amide bonds. The first kappa shape index (κ1) is 37.7. The molecule has 0 radical (unpaired) electrons. The van der Waals surface area contributed by atoms with E-state index in [1.54, 1.807) is 18.6 Å². The molecule has 4 aromatic carbocycles. The lowest BCUT2D eigenvalue weighted by atomic mass is 9.69. The van der Waals surface area contributed by atoms with Crippen LogP contribution in [0.2, 0.25) is 0 Å². The Morgan fingerprint density at radius 2 is 1.10 bits per heavy atom. The number of fused-ring (bicyclic) bond motifs is 10. The van der Waals surface area contributed by atoms with E-state index in [4.69, 9.17) is 30.7 Å². The van der Waals surface area contributed by atoms with E-state index in [9.17, 15) is 0 Å². The maximum Gasteiger partial charge on any atom is 0.182 e. The van der Waals surface area contributed by atoms with Gasteiger partial charge >= 0.3 is 0 Å². The van der Waals surface area contributed by atoms with Crippen LogP contribution in [0, 0.1) is 13.8 Å². The standard InChI is InChI=1S/C53H40N10/c1-4-5-12-43(54)49-58-47(59-50(62-49)44-13-6-9-24-55-44)33-18-22-37-35-20-16-31(2)27-39(35)53(41(37)29-33)40-28-32(3)17-21-36(40)38-23-19-34(30-42(38)53)48-60-51(45-14-7-10-25-56-45)63-52(61-48)46-15-8-11-26-57-46/h4-30,47H,54H2,1-3H3,(H,58,59,62)/b5-4-,43-12-. The summed E-state index contributed by atoms with van der Waals surface area (Å²) in [5.74, 6) is 2.61. The number of aliphatic imine (C=N–C) groups is 2. The average Bonchev–Trinajstić information content (AvgIpc) is 3.79. The fourth-order valence-electron chi connectivity index (χ4n) is 9.15. The summed E-state index contributed by atoms with van der Waals surface area (Å²) in [5.41, 5.74) is 22.0. The first-order valence-electron chi connectivity index (χ1n) is 20.9. The van der Waals surface area contributed by atoms with E-state index >= 15 is 0 Å². The van der Waals surface area contributed by atoms with Crippen molar-refractivity contribution in [2.75, 3.05) is 0 Å². The zero-order valence-electron chi connectivity index (χ0n) is 34.8. The summed E-state index contributed by atoms with van der Waals surface area (Å²) < 4.78 is 0. The number of aryl methyl sites for hydroxylation is 2. The molecule has 2 aliphatic carbocycles. The third-order valence-electron chi connectivity index (χ3n) is 12.0. The Morgan fingerprint density at radius 3 is 1.67 bits per heavy atom. The largest absolute Gasteiger partial charge is 0.396 e. The van der Waals surface area contributed by atoms with Gasteiger partial charge in [-0.1, -0.05) is 102 Å². The van der Waals surface area contributed by atoms with E-state index in [0.29, 0.717) is 51.9 Å². The van der Waals surface area contributed by atoms with Crippen molar-refractivity contribution in [2.45, 2.75) is 32.4 Å². The Morgan fingerprint density at radius 1 is 0.571 bits per heavy atom. The fourth-order valence-corrected chi connectivity index (χ4v) is 9.15. The Kier molecular flexibility index (Phi) is 9.01. The second kappa shape index (κ2) is 15.0. The summed E-state index contributed by atoms with van der Waals surface area (Å²) in [7, 11) is 0. The van der Waals surface area contributed by atoms with Crippen LogP contribution in [-0.2, 0) is 5.41 Å². The Hall–Kier alpha value is -8.24. The zero-order chi connectivity index (χ0) is 42.7. The van der Waals surface area contributed by atoms with Crippen molar-refractivity contribution in [2.24, 2.45) is 15.7 Å². The van der Waals surface area contributed by atoms with Crippen molar-refractivity contribution in [3.63, 3.8) is 0 Å². The van der Waals surface area contributed by atoms with Crippen molar-refractivity contribution >= 4 is 11.7 Å². The van der Waals surface area contributed by atoms with Crippen LogP contribution in [0.1, 0.15) is 57.7 Å². The minimum atomic E-state index is -0.697. The summed E-state index contributed by atoms with van der Waals surface area (Å²) in [6.07, 6.45) is 10.3. The van der Waals surface area contributed by atoms with E-state index < -0.39 is 11.6 Å². The second-order valence-electron chi connectivity index (χ2n) is 16.0. The maximum absolute atomic E-state index is 6.66. The minimum absolute atomic E-state index is 0.473. The lowest BCUT2D eigenvalue weighted by molar-refractivity contribution is 0.741. The number of pyridine rings is 3. The molecule has 2 atom stereocenters. The van der Waals surface area contributed by atoms with Gasteiger partial charge in [-0.15, -0.1) is 0 Å². The second-order valence-corrected chi connectivity index (χ2v) is 16.0. The molecule has 1 spiro atoms. The number of benzene rings is 4. The van der Waals surface area contributed by atoms with Crippen LogP contribution in [0.4, 0.5) is 0 Å². The SMILES string of the molecule is C/C=C\C=C(/N)C1=NC(c2ccc3c(c2)C2(c4cc(C)ccc4-c4ccc(-c5nc(-c6ccccn6)nc(-c6ccccn6)n5)cc42)c2cc(C)ccc2-3)N=C(c2ccccn2)N1. The number of rotatable bonds is 7. The van der Waals surface area contributed by atoms with E-state index in [1.807, 2.05) is 79.7 Å². The molecular weight excluding hydrogens is 777 g/mol. The molecule has 0 saturated carbocycles. The molecule has 3 aliphatic rings. The molecule has 10 heteroatoms. The average molecular weight is 817 g/mol.